The number of esters is 1. The molecule has 1 N–H and O–H groups in total. The van der Waals surface area contributed by atoms with Crippen LogP contribution in [0.1, 0.15) is 24.8 Å². The van der Waals surface area contributed by atoms with Gasteiger partial charge in [0.05, 0.1) is 24.9 Å². The Morgan fingerprint density at radius 2 is 2.21 bits per heavy atom. The summed E-state index contributed by atoms with van der Waals surface area (Å²) < 4.78 is 10.6. The molecular formula is C14H15NO4. The molecule has 2 heterocycles. The van der Waals surface area contributed by atoms with Gasteiger partial charge in [0.15, 0.2) is 6.23 Å². The van der Waals surface area contributed by atoms with Gasteiger partial charge in [-0.2, -0.15) is 0 Å². The number of carbonyl (C=O) groups is 2. The number of rotatable bonds is 3. The molecule has 5 heteroatoms. The standard InChI is InChI=1S/C14H15NO4/c1-2-18-11(16)7-9-12-8-5-3-4-6-10(8)19-14(12)15-13(9)17/h3-6,9,12,14H,2,7H2,1H3,(H,15,17)/t9-,12-,14-/m0/s1. The SMILES string of the molecule is CCOC(=O)C[C@@H]1C(=O)N[C@H]2Oc3ccccc3[C@@H]12. The lowest BCUT2D eigenvalue weighted by Gasteiger charge is -2.13. The molecule has 1 aromatic rings. The maximum atomic E-state index is 11.9. The quantitative estimate of drug-likeness (QED) is 0.830. The first kappa shape index (κ1) is 12.0. The first-order chi connectivity index (χ1) is 9.20. The van der Waals surface area contributed by atoms with Crippen LogP contribution in [0.3, 0.4) is 0 Å². The molecule has 0 bridgehead atoms. The Balaban J connectivity index is 1.85. The Hall–Kier alpha value is -2.04. The van der Waals surface area contributed by atoms with Gasteiger partial charge in [0, 0.05) is 5.56 Å². The largest absolute Gasteiger partial charge is 0.470 e. The average Bonchev–Trinajstić information content (AvgIpc) is 2.87. The van der Waals surface area contributed by atoms with Crippen LogP contribution in [0.5, 0.6) is 5.75 Å². The van der Waals surface area contributed by atoms with Crippen LogP contribution in [-0.4, -0.2) is 24.7 Å². The fraction of sp³-hybridized carbons (Fsp3) is 0.429. The molecule has 1 aromatic carbocycles. The van der Waals surface area contributed by atoms with Crippen LogP contribution < -0.4 is 10.1 Å². The zero-order valence-corrected chi connectivity index (χ0v) is 10.6. The monoisotopic (exact) mass is 261 g/mol. The molecule has 19 heavy (non-hydrogen) atoms. The number of hydrogen-bond acceptors (Lipinski definition) is 4. The second-order valence-corrected chi connectivity index (χ2v) is 4.73. The third kappa shape index (κ3) is 1.95. The first-order valence-corrected chi connectivity index (χ1v) is 6.42. The van der Waals surface area contributed by atoms with Crippen molar-refractivity contribution in [3.8, 4) is 5.75 Å². The van der Waals surface area contributed by atoms with Crippen LogP contribution in [0.25, 0.3) is 0 Å². The minimum Gasteiger partial charge on any atom is -0.470 e. The highest BCUT2D eigenvalue weighted by atomic mass is 16.5. The number of amides is 1. The van der Waals surface area contributed by atoms with E-state index in [9.17, 15) is 9.59 Å². The van der Waals surface area contributed by atoms with Gasteiger partial charge < -0.3 is 14.8 Å². The summed E-state index contributed by atoms with van der Waals surface area (Å²) in [6.45, 7) is 2.08. The zero-order chi connectivity index (χ0) is 13.4. The number of carbonyl (C=O) groups excluding carboxylic acids is 2. The van der Waals surface area contributed by atoms with Crippen molar-refractivity contribution in [1.82, 2.24) is 5.32 Å². The number of nitrogens with one attached hydrogen (secondary N) is 1. The number of benzene rings is 1. The van der Waals surface area contributed by atoms with Crippen LogP contribution in [0.15, 0.2) is 24.3 Å². The third-order valence-electron chi connectivity index (χ3n) is 3.60. The topological polar surface area (TPSA) is 64.6 Å². The summed E-state index contributed by atoms with van der Waals surface area (Å²) in [6, 6.07) is 7.62. The van der Waals surface area contributed by atoms with Crippen molar-refractivity contribution in [1.29, 1.82) is 0 Å². The zero-order valence-electron chi connectivity index (χ0n) is 10.6. The van der Waals surface area contributed by atoms with Crippen molar-refractivity contribution < 1.29 is 19.1 Å². The molecule has 1 saturated heterocycles. The summed E-state index contributed by atoms with van der Waals surface area (Å²) >= 11 is 0. The number of ether oxygens (including phenoxy) is 2. The predicted molar refractivity (Wildman–Crippen MR) is 66.5 cm³/mol. The van der Waals surface area contributed by atoms with E-state index in [0.717, 1.165) is 11.3 Å². The summed E-state index contributed by atoms with van der Waals surface area (Å²) in [7, 11) is 0. The Morgan fingerprint density at radius 1 is 1.42 bits per heavy atom. The summed E-state index contributed by atoms with van der Waals surface area (Å²) in [5.41, 5.74) is 0.986. The highest BCUT2D eigenvalue weighted by Gasteiger charge is 2.50. The van der Waals surface area contributed by atoms with E-state index in [2.05, 4.69) is 5.32 Å². The maximum absolute atomic E-state index is 11.9. The molecule has 1 fully saturated rings. The molecule has 2 aliphatic heterocycles. The minimum absolute atomic E-state index is 0.0958. The Kier molecular flexibility index (Phi) is 2.89. The minimum atomic E-state index is -0.410. The molecule has 0 aliphatic carbocycles. The van der Waals surface area contributed by atoms with E-state index in [1.165, 1.54) is 0 Å². The summed E-state index contributed by atoms with van der Waals surface area (Å²) in [6.07, 6.45) is -0.261. The van der Waals surface area contributed by atoms with Crippen LogP contribution in [0.4, 0.5) is 0 Å². The first-order valence-electron chi connectivity index (χ1n) is 6.42. The molecule has 3 rings (SSSR count). The van der Waals surface area contributed by atoms with E-state index in [1.54, 1.807) is 6.92 Å². The molecule has 2 aliphatic rings. The number of hydrogen-bond donors (Lipinski definition) is 1. The predicted octanol–water partition coefficient (Wildman–Crippen LogP) is 1.19. The van der Waals surface area contributed by atoms with Crippen molar-refractivity contribution in [3.05, 3.63) is 29.8 Å². The van der Waals surface area contributed by atoms with Crippen molar-refractivity contribution >= 4 is 11.9 Å². The van der Waals surface area contributed by atoms with Crippen LogP contribution in [0.2, 0.25) is 0 Å². The summed E-state index contributed by atoms with van der Waals surface area (Å²) in [4.78, 5) is 23.5. The molecular weight excluding hydrogens is 246 g/mol. The molecule has 100 valence electrons. The van der Waals surface area contributed by atoms with Crippen LogP contribution in [-0.2, 0) is 14.3 Å². The maximum Gasteiger partial charge on any atom is 0.306 e. The Labute approximate surface area is 110 Å². The fourth-order valence-corrected chi connectivity index (χ4v) is 2.81. The van der Waals surface area contributed by atoms with E-state index >= 15 is 0 Å². The van der Waals surface area contributed by atoms with Gasteiger partial charge in [-0.15, -0.1) is 0 Å². The fourth-order valence-electron chi connectivity index (χ4n) is 2.81. The molecule has 0 radical (unpaired) electrons. The summed E-state index contributed by atoms with van der Waals surface area (Å²) in [5, 5.41) is 2.79. The van der Waals surface area contributed by atoms with Gasteiger partial charge in [0.25, 0.3) is 0 Å². The summed E-state index contributed by atoms with van der Waals surface area (Å²) in [5.74, 6) is -0.211. The molecule has 0 spiro atoms. The lowest BCUT2D eigenvalue weighted by Crippen LogP contribution is -2.30. The van der Waals surface area contributed by atoms with Gasteiger partial charge in [-0.3, -0.25) is 9.59 Å². The highest BCUT2D eigenvalue weighted by Crippen LogP contribution is 2.45. The van der Waals surface area contributed by atoms with Gasteiger partial charge in [-0.1, -0.05) is 18.2 Å². The van der Waals surface area contributed by atoms with Crippen molar-refractivity contribution in [2.24, 2.45) is 5.92 Å². The molecule has 0 aromatic heterocycles. The second-order valence-electron chi connectivity index (χ2n) is 4.73. The van der Waals surface area contributed by atoms with Gasteiger partial charge in [0.2, 0.25) is 5.91 Å². The average molecular weight is 261 g/mol. The number of para-hydroxylation sites is 1. The molecule has 1 amide bonds. The Morgan fingerprint density at radius 3 is 3.00 bits per heavy atom. The van der Waals surface area contributed by atoms with E-state index in [1.807, 2.05) is 24.3 Å². The van der Waals surface area contributed by atoms with Crippen molar-refractivity contribution in [2.75, 3.05) is 6.61 Å². The molecule has 5 nitrogen and oxygen atoms in total. The van der Waals surface area contributed by atoms with E-state index in [-0.39, 0.29) is 30.4 Å². The smallest absolute Gasteiger partial charge is 0.306 e. The second kappa shape index (κ2) is 4.57. The van der Waals surface area contributed by atoms with E-state index in [0.29, 0.717) is 6.61 Å². The van der Waals surface area contributed by atoms with E-state index < -0.39 is 5.92 Å². The van der Waals surface area contributed by atoms with Gasteiger partial charge >= 0.3 is 5.97 Å². The van der Waals surface area contributed by atoms with Gasteiger partial charge in [-0.25, -0.2) is 0 Å². The molecule has 0 unspecified atom stereocenters. The lowest BCUT2D eigenvalue weighted by atomic mass is 9.86. The van der Waals surface area contributed by atoms with E-state index in [4.69, 9.17) is 9.47 Å². The Bertz CT molecular complexity index is 528. The molecule has 3 atom stereocenters. The molecule has 0 saturated carbocycles. The van der Waals surface area contributed by atoms with Crippen LogP contribution in [0, 0.1) is 5.92 Å². The van der Waals surface area contributed by atoms with Gasteiger partial charge in [-0.05, 0) is 13.0 Å². The van der Waals surface area contributed by atoms with Crippen LogP contribution >= 0.6 is 0 Å². The highest BCUT2D eigenvalue weighted by molar-refractivity contribution is 5.87. The third-order valence-corrected chi connectivity index (χ3v) is 3.60. The lowest BCUT2D eigenvalue weighted by molar-refractivity contribution is -0.146. The number of fused-ring (bicyclic) bond motifs is 3. The van der Waals surface area contributed by atoms with Gasteiger partial charge in [0.1, 0.15) is 5.75 Å². The normalized spacial score (nSPS) is 27.2. The van der Waals surface area contributed by atoms with Crippen molar-refractivity contribution in [3.63, 3.8) is 0 Å². The van der Waals surface area contributed by atoms with Crippen molar-refractivity contribution in [2.45, 2.75) is 25.5 Å².